The van der Waals surface area contributed by atoms with Crippen molar-refractivity contribution in [2.45, 2.75) is 31.4 Å². The summed E-state index contributed by atoms with van der Waals surface area (Å²) in [4.78, 5) is 37.1. The lowest BCUT2D eigenvalue weighted by Gasteiger charge is -2.25. The molecule has 0 spiro atoms. The molecular weight excluding hydrogens is 300 g/mol. The molecule has 7 heteroatoms. The van der Waals surface area contributed by atoms with Crippen molar-refractivity contribution in [1.29, 1.82) is 0 Å². The highest BCUT2D eigenvalue weighted by molar-refractivity contribution is 5.98. The number of carbonyl (C=O) groups excluding carboxylic acids is 2. The van der Waals surface area contributed by atoms with Crippen LogP contribution in [0.4, 0.5) is 0 Å². The second kappa shape index (κ2) is 6.78. The van der Waals surface area contributed by atoms with Crippen LogP contribution in [0.5, 0.6) is 0 Å². The zero-order chi connectivity index (χ0) is 17.0. The molecule has 1 aromatic carbocycles. The van der Waals surface area contributed by atoms with Gasteiger partial charge in [-0.2, -0.15) is 0 Å². The largest absolute Gasteiger partial charge is 0.479 e. The van der Waals surface area contributed by atoms with E-state index in [-0.39, 0.29) is 5.91 Å². The molecular formula is C16H20N2O5. The van der Waals surface area contributed by atoms with Crippen molar-refractivity contribution >= 4 is 17.8 Å². The minimum atomic E-state index is -2.04. The molecule has 1 aromatic rings. The van der Waals surface area contributed by atoms with Crippen molar-refractivity contribution < 1.29 is 24.6 Å². The van der Waals surface area contributed by atoms with E-state index in [1.807, 2.05) is 0 Å². The molecule has 2 amide bonds. The van der Waals surface area contributed by atoms with Gasteiger partial charge in [0.2, 0.25) is 5.91 Å². The van der Waals surface area contributed by atoms with Crippen LogP contribution >= 0.6 is 0 Å². The fourth-order valence-corrected chi connectivity index (χ4v) is 2.48. The van der Waals surface area contributed by atoms with Crippen molar-refractivity contribution in [3.8, 4) is 0 Å². The average molecular weight is 320 g/mol. The highest BCUT2D eigenvalue weighted by Crippen LogP contribution is 2.20. The number of benzene rings is 1. The Morgan fingerprint density at radius 2 is 1.96 bits per heavy atom. The molecule has 1 aliphatic heterocycles. The first kappa shape index (κ1) is 17.0. The molecule has 2 atom stereocenters. The lowest BCUT2D eigenvalue weighted by molar-refractivity contribution is -0.156. The third-order valence-electron chi connectivity index (χ3n) is 3.90. The van der Waals surface area contributed by atoms with E-state index in [1.54, 1.807) is 30.3 Å². The summed E-state index contributed by atoms with van der Waals surface area (Å²) in [7, 11) is 0. The van der Waals surface area contributed by atoms with Crippen LogP contribution in [-0.2, 0) is 9.59 Å². The normalized spacial score (nSPS) is 19.9. The monoisotopic (exact) mass is 320 g/mol. The van der Waals surface area contributed by atoms with Gasteiger partial charge in [-0.25, -0.2) is 4.79 Å². The number of nitrogens with zero attached hydrogens (tertiary/aromatic N) is 1. The van der Waals surface area contributed by atoms with E-state index in [4.69, 9.17) is 5.11 Å². The van der Waals surface area contributed by atoms with Gasteiger partial charge in [-0.1, -0.05) is 18.2 Å². The summed E-state index contributed by atoms with van der Waals surface area (Å²) >= 11 is 0. The van der Waals surface area contributed by atoms with Gasteiger partial charge in [0.15, 0.2) is 5.60 Å². The van der Waals surface area contributed by atoms with Gasteiger partial charge in [-0.05, 0) is 31.9 Å². The van der Waals surface area contributed by atoms with Crippen LogP contribution in [0.1, 0.15) is 30.1 Å². The van der Waals surface area contributed by atoms with Gasteiger partial charge in [0.05, 0.1) is 6.54 Å². The lowest BCUT2D eigenvalue weighted by atomic mass is 10.1. The van der Waals surface area contributed by atoms with E-state index in [1.165, 1.54) is 4.90 Å². The van der Waals surface area contributed by atoms with Gasteiger partial charge in [-0.3, -0.25) is 9.59 Å². The number of amides is 2. The Labute approximate surface area is 133 Å². The Balaban J connectivity index is 2.02. The van der Waals surface area contributed by atoms with Gasteiger partial charge >= 0.3 is 5.97 Å². The Hall–Kier alpha value is -2.41. The molecule has 1 aliphatic rings. The van der Waals surface area contributed by atoms with Crippen LogP contribution in [0.15, 0.2) is 30.3 Å². The second-order valence-electron chi connectivity index (χ2n) is 5.82. The molecule has 124 valence electrons. The lowest BCUT2D eigenvalue weighted by Crippen LogP contribution is -2.52. The third-order valence-corrected chi connectivity index (χ3v) is 3.90. The van der Waals surface area contributed by atoms with Gasteiger partial charge in [0, 0.05) is 12.1 Å². The van der Waals surface area contributed by atoms with E-state index < -0.39 is 30.1 Å². The summed E-state index contributed by atoms with van der Waals surface area (Å²) in [5.74, 6) is -2.09. The van der Waals surface area contributed by atoms with Crippen LogP contribution in [0.25, 0.3) is 0 Å². The molecule has 1 fully saturated rings. The van der Waals surface area contributed by atoms with Crippen molar-refractivity contribution in [3.05, 3.63) is 35.9 Å². The zero-order valence-corrected chi connectivity index (χ0v) is 12.9. The SMILES string of the molecule is CC(O)(CNC(=O)C1CCCN1C(=O)c1ccccc1)C(=O)O. The number of carbonyl (C=O) groups is 3. The quantitative estimate of drug-likeness (QED) is 0.720. The number of aliphatic carboxylic acids is 1. The highest BCUT2D eigenvalue weighted by Gasteiger charge is 2.36. The van der Waals surface area contributed by atoms with Crippen LogP contribution in [0.2, 0.25) is 0 Å². The van der Waals surface area contributed by atoms with Crippen molar-refractivity contribution in [3.63, 3.8) is 0 Å². The summed E-state index contributed by atoms with van der Waals surface area (Å²) in [5.41, 5.74) is -1.53. The van der Waals surface area contributed by atoms with E-state index in [9.17, 15) is 19.5 Å². The molecule has 7 nitrogen and oxygen atoms in total. The van der Waals surface area contributed by atoms with E-state index >= 15 is 0 Å². The van der Waals surface area contributed by atoms with Crippen molar-refractivity contribution in [2.75, 3.05) is 13.1 Å². The zero-order valence-electron chi connectivity index (χ0n) is 12.9. The molecule has 1 heterocycles. The van der Waals surface area contributed by atoms with E-state index in [0.717, 1.165) is 6.92 Å². The van der Waals surface area contributed by atoms with Crippen molar-refractivity contribution in [2.24, 2.45) is 0 Å². The van der Waals surface area contributed by atoms with Gasteiger partial charge in [-0.15, -0.1) is 0 Å². The van der Waals surface area contributed by atoms with E-state index in [0.29, 0.717) is 24.9 Å². The van der Waals surface area contributed by atoms with Gasteiger partial charge in [0.25, 0.3) is 5.91 Å². The standard InChI is InChI=1S/C16H20N2O5/c1-16(23,15(21)22)10-17-13(19)12-8-5-9-18(12)14(20)11-6-3-2-4-7-11/h2-4,6-7,12,23H,5,8-10H2,1H3,(H,17,19)(H,21,22). The maximum Gasteiger partial charge on any atom is 0.337 e. The minimum Gasteiger partial charge on any atom is -0.479 e. The Bertz CT molecular complexity index is 600. The molecule has 0 aromatic heterocycles. The van der Waals surface area contributed by atoms with Crippen LogP contribution in [0.3, 0.4) is 0 Å². The second-order valence-corrected chi connectivity index (χ2v) is 5.82. The van der Waals surface area contributed by atoms with Crippen LogP contribution < -0.4 is 5.32 Å². The molecule has 0 aliphatic carbocycles. The summed E-state index contributed by atoms with van der Waals surface area (Å²) < 4.78 is 0. The van der Waals surface area contributed by atoms with Crippen molar-refractivity contribution in [1.82, 2.24) is 10.2 Å². The number of carboxylic acids is 1. The highest BCUT2D eigenvalue weighted by atomic mass is 16.4. The first-order chi connectivity index (χ1) is 10.8. The number of hydrogen-bond acceptors (Lipinski definition) is 4. The molecule has 23 heavy (non-hydrogen) atoms. The van der Waals surface area contributed by atoms with Crippen LogP contribution in [0, 0.1) is 0 Å². The summed E-state index contributed by atoms with van der Waals surface area (Å²) in [6.07, 6.45) is 1.21. The minimum absolute atomic E-state index is 0.228. The number of rotatable bonds is 5. The maximum absolute atomic E-state index is 12.5. The molecule has 3 N–H and O–H groups in total. The molecule has 2 unspecified atom stereocenters. The number of hydrogen-bond donors (Lipinski definition) is 3. The number of nitrogens with one attached hydrogen (secondary N) is 1. The van der Waals surface area contributed by atoms with E-state index in [2.05, 4.69) is 5.32 Å². The maximum atomic E-state index is 12.5. The Morgan fingerprint density at radius 3 is 2.57 bits per heavy atom. The summed E-state index contributed by atoms with van der Waals surface area (Å²) in [5, 5.41) is 20.9. The van der Waals surface area contributed by atoms with Gasteiger partial charge in [0.1, 0.15) is 6.04 Å². The molecule has 0 saturated carbocycles. The first-order valence-electron chi connectivity index (χ1n) is 7.42. The third kappa shape index (κ3) is 3.87. The molecule has 0 bridgehead atoms. The summed E-state index contributed by atoms with van der Waals surface area (Å²) in [6.45, 7) is 1.17. The molecule has 1 saturated heterocycles. The van der Waals surface area contributed by atoms with Crippen LogP contribution in [-0.4, -0.2) is 57.6 Å². The number of likely N-dealkylation sites (tertiary alicyclic amines) is 1. The molecule has 2 rings (SSSR count). The predicted octanol–water partition coefficient (Wildman–Crippen LogP) is 0.243. The fourth-order valence-electron chi connectivity index (χ4n) is 2.48. The smallest absolute Gasteiger partial charge is 0.337 e. The predicted molar refractivity (Wildman–Crippen MR) is 81.8 cm³/mol. The first-order valence-corrected chi connectivity index (χ1v) is 7.42. The Kier molecular flexibility index (Phi) is 5.00. The molecule has 0 radical (unpaired) electrons. The summed E-state index contributed by atoms with van der Waals surface area (Å²) in [6, 6.07) is 8.03. The van der Waals surface area contributed by atoms with Gasteiger partial charge < -0.3 is 20.4 Å². The topological polar surface area (TPSA) is 107 Å². The number of aliphatic hydroxyl groups is 1. The average Bonchev–Trinajstić information content (AvgIpc) is 3.02. The Morgan fingerprint density at radius 1 is 1.30 bits per heavy atom. The number of carboxylic acid groups (broad SMARTS) is 1. The fraction of sp³-hybridized carbons (Fsp3) is 0.438.